The van der Waals surface area contributed by atoms with Gasteiger partial charge in [0.2, 0.25) is 5.91 Å². The van der Waals surface area contributed by atoms with Crippen LogP contribution in [0.2, 0.25) is 19.6 Å². The van der Waals surface area contributed by atoms with Crippen molar-refractivity contribution in [2.45, 2.75) is 38.5 Å². The van der Waals surface area contributed by atoms with Gasteiger partial charge in [-0.25, -0.2) is 0 Å². The van der Waals surface area contributed by atoms with Gasteiger partial charge in [0.05, 0.1) is 21.8 Å². The molecular formula is C22H29NO4Si. The van der Waals surface area contributed by atoms with E-state index in [0.717, 1.165) is 5.56 Å². The second kappa shape index (κ2) is 9.66. The molecule has 0 heterocycles. The van der Waals surface area contributed by atoms with Crippen LogP contribution in [0.5, 0.6) is 5.75 Å². The van der Waals surface area contributed by atoms with Gasteiger partial charge in [-0.2, -0.15) is 0 Å². The molecule has 0 saturated heterocycles. The van der Waals surface area contributed by atoms with Crippen LogP contribution in [-0.4, -0.2) is 38.6 Å². The topological polar surface area (TPSA) is 75.6 Å². The third-order valence-corrected chi connectivity index (χ3v) is 6.68. The molecule has 0 radical (unpaired) electrons. The summed E-state index contributed by atoms with van der Waals surface area (Å²) in [5, 5.41) is 13.1. The summed E-state index contributed by atoms with van der Waals surface area (Å²) < 4.78 is 5.16. The van der Waals surface area contributed by atoms with Crippen LogP contribution in [-0.2, 0) is 16.0 Å². The SMILES string of the molecule is COc1ccc(C(NC(=O)CCO)C(=O)Cc2ccc([Si](C)(C)C)cc2)cc1. The molecular weight excluding hydrogens is 370 g/mol. The average Bonchev–Trinajstić information content (AvgIpc) is 2.66. The van der Waals surface area contributed by atoms with Crippen molar-refractivity contribution < 1.29 is 19.4 Å². The van der Waals surface area contributed by atoms with Crippen molar-refractivity contribution in [2.75, 3.05) is 13.7 Å². The van der Waals surface area contributed by atoms with Crippen LogP contribution in [0.1, 0.15) is 23.6 Å². The first kappa shape index (κ1) is 21.9. The van der Waals surface area contributed by atoms with E-state index in [1.165, 1.54) is 5.19 Å². The van der Waals surface area contributed by atoms with Crippen molar-refractivity contribution in [1.82, 2.24) is 5.32 Å². The number of nitrogens with one attached hydrogen (secondary N) is 1. The highest BCUT2D eigenvalue weighted by Crippen LogP contribution is 2.20. The Morgan fingerprint density at radius 1 is 1.04 bits per heavy atom. The molecule has 0 spiro atoms. The van der Waals surface area contributed by atoms with E-state index in [1.807, 2.05) is 12.1 Å². The summed E-state index contributed by atoms with van der Waals surface area (Å²) in [6.07, 6.45) is 0.187. The maximum Gasteiger partial charge on any atom is 0.223 e. The highest BCUT2D eigenvalue weighted by Gasteiger charge is 2.23. The van der Waals surface area contributed by atoms with Gasteiger partial charge < -0.3 is 15.2 Å². The molecule has 1 amide bonds. The Morgan fingerprint density at radius 3 is 2.14 bits per heavy atom. The lowest BCUT2D eigenvalue weighted by Gasteiger charge is -2.19. The highest BCUT2D eigenvalue weighted by atomic mass is 28.3. The third kappa shape index (κ3) is 6.04. The number of Topliss-reactive ketones (excluding diaryl/α,β-unsaturated/α-hetero) is 1. The number of benzene rings is 2. The zero-order valence-corrected chi connectivity index (χ0v) is 18.0. The fourth-order valence-electron chi connectivity index (χ4n) is 2.91. The van der Waals surface area contributed by atoms with Gasteiger partial charge in [-0.05, 0) is 23.3 Å². The monoisotopic (exact) mass is 399 g/mol. The van der Waals surface area contributed by atoms with Gasteiger partial charge in [0.15, 0.2) is 5.78 Å². The zero-order chi connectivity index (χ0) is 20.7. The number of ketones is 1. The van der Waals surface area contributed by atoms with E-state index >= 15 is 0 Å². The predicted octanol–water partition coefficient (Wildman–Crippen LogP) is 2.59. The number of ether oxygens (including phenoxy) is 1. The standard InChI is InChI=1S/C22H29NO4Si/c1-27-18-9-7-17(8-10-18)22(23-21(26)13-14-24)20(25)15-16-5-11-19(12-6-16)28(2,3)4/h5-12,22,24H,13-15H2,1-4H3,(H,23,26). The molecule has 150 valence electrons. The molecule has 0 fully saturated rings. The molecule has 2 aromatic rings. The number of amides is 1. The summed E-state index contributed by atoms with van der Waals surface area (Å²) >= 11 is 0. The molecule has 0 saturated carbocycles. The lowest BCUT2D eigenvalue weighted by Crippen LogP contribution is -2.37. The summed E-state index contributed by atoms with van der Waals surface area (Å²) in [5.74, 6) is 0.224. The van der Waals surface area contributed by atoms with Crippen molar-refractivity contribution in [1.29, 1.82) is 0 Å². The average molecular weight is 400 g/mol. The maximum atomic E-state index is 13.0. The number of aliphatic hydroxyl groups is 1. The van der Waals surface area contributed by atoms with Crippen LogP contribution >= 0.6 is 0 Å². The van der Waals surface area contributed by atoms with Crippen molar-refractivity contribution in [2.24, 2.45) is 0 Å². The fraction of sp³-hybridized carbons (Fsp3) is 0.364. The molecule has 2 rings (SSSR count). The Balaban J connectivity index is 2.21. The van der Waals surface area contributed by atoms with Crippen molar-refractivity contribution in [3.8, 4) is 5.75 Å². The second-order valence-corrected chi connectivity index (χ2v) is 12.9. The lowest BCUT2D eigenvalue weighted by atomic mass is 9.97. The van der Waals surface area contributed by atoms with Gasteiger partial charge in [-0.1, -0.05) is 61.2 Å². The first-order valence-corrected chi connectivity index (χ1v) is 12.9. The Hall–Kier alpha value is -2.44. The van der Waals surface area contributed by atoms with Crippen molar-refractivity contribution >= 4 is 25.0 Å². The highest BCUT2D eigenvalue weighted by molar-refractivity contribution is 6.88. The molecule has 6 heteroatoms. The quantitative estimate of drug-likeness (QED) is 0.636. The third-order valence-electron chi connectivity index (χ3n) is 4.61. The molecule has 0 bridgehead atoms. The Morgan fingerprint density at radius 2 is 1.64 bits per heavy atom. The van der Waals surface area contributed by atoms with Crippen LogP contribution in [0.15, 0.2) is 48.5 Å². The number of methoxy groups -OCH3 is 1. The molecule has 1 atom stereocenters. The van der Waals surface area contributed by atoms with Crippen LogP contribution < -0.4 is 15.2 Å². The normalized spacial score (nSPS) is 12.3. The summed E-state index contributed by atoms with van der Waals surface area (Å²) in [7, 11) is 0.186. The van der Waals surface area contributed by atoms with E-state index in [0.29, 0.717) is 11.3 Å². The van der Waals surface area contributed by atoms with Gasteiger partial charge in [-0.3, -0.25) is 9.59 Å². The van der Waals surface area contributed by atoms with E-state index in [1.54, 1.807) is 31.4 Å². The zero-order valence-electron chi connectivity index (χ0n) is 17.0. The van der Waals surface area contributed by atoms with Crippen LogP contribution in [0.25, 0.3) is 0 Å². The van der Waals surface area contributed by atoms with Crippen LogP contribution in [0, 0.1) is 0 Å². The van der Waals surface area contributed by atoms with Crippen molar-refractivity contribution in [3.63, 3.8) is 0 Å². The Bertz CT molecular complexity index is 795. The summed E-state index contributed by atoms with van der Waals surface area (Å²) in [5.41, 5.74) is 1.61. The first-order chi connectivity index (χ1) is 13.2. The minimum atomic E-state index is -1.39. The number of rotatable bonds is 9. The lowest BCUT2D eigenvalue weighted by molar-refractivity contribution is -0.128. The van der Waals surface area contributed by atoms with Crippen LogP contribution in [0.4, 0.5) is 0 Å². The van der Waals surface area contributed by atoms with E-state index in [2.05, 4.69) is 37.1 Å². The molecule has 28 heavy (non-hydrogen) atoms. The van der Waals surface area contributed by atoms with Gasteiger partial charge in [0.25, 0.3) is 0 Å². The number of hydrogen-bond acceptors (Lipinski definition) is 4. The molecule has 2 N–H and O–H groups in total. The molecule has 1 unspecified atom stereocenters. The molecule has 2 aromatic carbocycles. The van der Waals surface area contributed by atoms with Gasteiger partial charge in [0, 0.05) is 12.8 Å². The minimum absolute atomic E-state index is 0.0369. The van der Waals surface area contributed by atoms with Gasteiger partial charge in [0.1, 0.15) is 11.8 Å². The molecule has 0 aromatic heterocycles. The minimum Gasteiger partial charge on any atom is -0.497 e. The fourth-order valence-corrected chi connectivity index (χ4v) is 4.07. The van der Waals surface area contributed by atoms with Crippen LogP contribution in [0.3, 0.4) is 0 Å². The number of aliphatic hydroxyl groups excluding tert-OH is 1. The van der Waals surface area contributed by atoms with Gasteiger partial charge >= 0.3 is 0 Å². The number of carbonyl (C=O) groups is 2. The van der Waals surface area contributed by atoms with E-state index in [-0.39, 0.29) is 31.1 Å². The molecule has 0 aliphatic carbocycles. The Kier molecular flexibility index (Phi) is 7.54. The molecule has 0 aliphatic rings. The van der Waals surface area contributed by atoms with E-state index in [9.17, 15) is 9.59 Å². The van der Waals surface area contributed by atoms with E-state index < -0.39 is 14.1 Å². The summed E-state index contributed by atoms with van der Waals surface area (Å²) in [6, 6.07) is 14.5. The number of carbonyl (C=O) groups excluding carboxylic acids is 2. The molecule has 0 aliphatic heterocycles. The largest absolute Gasteiger partial charge is 0.497 e. The maximum absolute atomic E-state index is 13.0. The predicted molar refractivity (Wildman–Crippen MR) is 114 cm³/mol. The van der Waals surface area contributed by atoms with Crippen molar-refractivity contribution in [3.05, 3.63) is 59.7 Å². The Labute approximate surface area is 167 Å². The second-order valence-electron chi connectivity index (χ2n) is 7.84. The smallest absolute Gasteiger partial charge is 0.223 e. The van der Waals surface area contributed by atoms with Gasteiger partial charge in [-0.15, -0.1) is 0 Å². The first-order valence-electron chi connectivity index (χ1n) is 9.41. The summed E-state index contributed by atoms with van der Waals surface area (Å²) in [4.78, 5) is 25.0. The molecule has 5 nitrogen and oxygen atoms in total. The number of hydrogen-bond donors (Lipinski definition) is 2. The summed E-state index contributed by atoms with van der Waals surface area (Å²) in [6.45, 7) is 6.59. The van der Waals surface area contributed by atoms with E-state index in [4.69, 9.17) is 9.84 Å².